The molecule has 7 nitrogen and oxygen atoms in total. The third-order valence-corrected chi connectivity index (χ3v) is 7.09. The highest BCUT2D eigenvalue weighted by molar-refractivity contribution is 7.10. The van der Waals surface area contributed by atoms with E-state index in [2.05, 4.69) is 5.32 Å². The molecule has 1 aliphatic heterocycles. The van der Waals surface area contributed by atoms with Crippen LogP contribution in [0.2, 0.25) is 0 Å². The van der Waals surface area contributed by atoms with Crippen LogP contribution in [0.1, 0.15) is 48.1 Å². The topological polar surface area (TPSA) is 81.0 Å². The van der Waals surface area contributed by atoms with Gasteiger partial charge in [0.2, 0.25) is 5.91 Å². The van der Waals surface area contributed by atoms with Gasteiger partial charge in [0.15, 0.2) is 17.5 Å². The first kappa shape index (κ1) is 22.5. The van der Waals surface area contributed by atoms with E-state index in [0.717, 1.165) is 30.6 Å². The van der Waals surface area contributed by atoms with Gasteiger partial charge in [0, 0.05) is 22.7 Å². The Kier molecular flexibility index (Phi) is 6.58. The Labute approximate surface area is 202 Å². The zero-order chi connectivity index (χ0) is 23.5. The number of benzene rings is 1. The molecule has 2 aromatic heterocycles. The Balaban J connectivity index is 1.55. The second-order valence-electron chi connectivity index (χ2n) is 8.69. The molecule has 0 radical (unpaired) electrons. The number of amides is 2. The van der Waals surface area contributed by atoms with E-state index in [9.17, 15) is 9.59 Å². The first-order chi connectivity index (χ1) is 16.6. The molecule has 2 amide bonds. The highest BCUT2D eigenvalue weighted by atomic mass is 32.1. The smallest absolute Gasteiger partial charge is 0.251 e. The first-order valence-corrected chi connectivity index (χ1v) is 12.6. The van der Waals surface area contributed by atoms with Crippen molar-refractivity contribution in [2.24, 2.45) is 0 Å². The molecule has 1 saturated carbocycles. The van der Waals surface area contributed by atoms with E-state index in [1.54, 1.807) is 29.2 Å². The number of carbonyl (C=O) groups excluding carboxylic acids is 2. The van der Waals surface area contributed by atoms with Gasteiger partial charge in [-0.3, -0.25) is 14.5 Å². The molecular weight excluding hydrogens is 452 g/mol. The fraction of sp³-hybridized carbons (Fsp3) is 0.385. The number of furan rings is 1. The molecule has 1 fully saturated rings. The van der Waals surface area contributed by atoms with Crippen LogP contribution in [0, 0.1) is 6.92 Å². The van der Waals surface area contributed by atoms with Gasteiger partial charge in [-0.1, -0.05) is 18.9 Å². The molecule has 5 rings (SSSR count). The van der Waals surface area contributed by atoms with Crippen LogP contribution in [-0.2, 0) is 16.0 Å². The van der Waals surface area contributed by atoms with E-state index in [-0.39, 0.29) is 24.3 Å². The van der Waals surface area contributed by atoms with Crippen molar-refractivity contribution in [1.82, 2.24) is 5.32 Å². The van der Waals surface area contributed by atoms with E-state index < -0.39 is 6.04 Å². The summed E-state index contributed by atoms with van der Waals surface area (Å²) in [5.41, 5.74) is 0.562. The fourth-order valence-electron chi connectivity index (χ4n) is 4.59. The summed E-state index contributed by atoms with van der Waals surface area (Å²) >= 11 is 1.52. The number of anilines is 1. The van der Waals surface area contributed by atoms with Gasteiger partial charge in [-0.25, -0.2) is 0 Å². The Morgan fingerprint density at radius 2 is 1.88 bits per heavy atom. The minimum Gasteiger partial charge on any atom is -0.486 e. The zero-order valence-corrected chi connectivity index (χ0v) is 19.9. The fourth-order valence-corrected chi connectivity index (χ4v) is 5.29. The van der Waals surface area contributed by atoms with Gasteiger partial charge in [0.25, 0.3) is 5.91 Å². The van der Waals surface area contributed by atoms with Crippen molar-refractivity contribution in [1.29, 1.82) is 0 Å². The van der Waals surface area contributed by atoms with Crippen molar-refractivity contribution >= 4 is 28.8 Å². The van der Waals surface area contributed by atoms with Crippen molar-refractivity contribution in [3.05, 3.63) is 64.2 Å². The normalized spacial score (nSPS) is 16.3. The Morgan fingerprint density at radius 3 is 2.59 bits per heavy atom. The van der Waals surface area contributed by atoms with E-state index in [1.165, 1.54) is 11.3 Å². The van der Waals surface area contributed by atoms with Crippen molar-refractivity contribution in [2.45, 2.75) is 51.1 Å². The summed E-state index contributed by atoms with van der Waals surface area (Å²) in [4.78, 5) is 30.0. The maximum atomic E-state index is 13.8. The number of ether oxygens (including phenoxy) is 2. The lowest BCUT2D eigenvalue weighted by molar-refractivity contribution is -0.127. The number of fused-ring (bicyclic) bond motifs is 1. The summed E-state index contributed by atoms with van der Waals surface area (Å²) < 4.78 is 17.4. The van der Waals surface area contributed by atoms with Crippen molar-refractivity contribution < 1.29 is 23.5 Å². The predicted octanol–water partition coefficient (Wildman–Crippen LogP) is 4.80. The lowest BCUT2D eigenvalue weighted by Gasteiger charge is -2.31. The quantitative estimate of drug-likeness (QED) is 0.526. The first-order valence-electron chi connectivity index (χ1n) is 11.7. The number of aryl methyl sites for hydroxylation is 1. The third kappa shape index (κ3) is 4.82. The Hall–Kier alpha value is -3.26. The highest BCUT2D eigenvalue weighted by Gasteiger charge is 2.37. The predicted molar refractivity (Wildman–Crippen MR) is 130 cm³/mol. The van der Waals surface area contributed by atoms with Crippen LogP contribution in [0.4, 0.5) is 5.69 Å². The summed E-state index contributed by atoms with van der Waals surface area (Å²) in [6.07, 6.45) is 4.27. The average Bonchev–Trinajstić information content (AvgIpc) is 3.61. The van der Waals surface area contributed by atoms with Crippen molar-refractivity contribution in [3.8, 4) is 11.5 Å². The van der Waals surface area contributed by atoms with Gasteiger partial charge in [0.1, 0.15) is 24.7 Å². The molecule has 0 bridgehead atoms. The van der Waals surface area contributed by atoms with Crippen LogP contribution < -0.4 is 19.7 Å². The average molecular weight is 481 g/mol. The molecule has 3 aromatic rings. The number of nitrogens with one attached hydrogen (secondary N) is 1. The maximum Gasteiger partial charge on any atom is 0.251 e. The Bertz CT molecular complexity index is 1150. The van der Waals surface area contributed by atoms with E-state index in [4.69, 9.17) is 13.9 Å². The molecule has 3 heterocycles. The van der Waals surface area contributed by atoms with Gasteiger partial charge in [0.05, 0.1) is 6.42 Å². The number of hydrogen-bond acceptors (Lipinski definition) is 6. The largest absolute Gasteiger partial charge is 0.486 e. The van der Waals surface area contributed by atoms with E-state index >= 15 is 0 Å². The van der Waals surface area contributed by atoms with E-state index in [0.29, 0.717) is 41.9 Å². The summed E-state index contributed by atoms with van der Waals surface area (Å²) in [6, 6.07) is 12.0. The molecule has 1 aliphatic carbocycles. The van der Waals surface area contributed by atoms with E-state index in [1.807, 2.05) is 30.5 Å². The molecule has 0 unspecified atom stereocenters. The van der Waals surface area contributed by atoms with Gasteiger partial charge in [-0.05, 0) is 55.5 Å². The van der Waals surface area contributed by atoms with Gasteiger partial charge >= 0.3 is 0 Å². The van der Waals surface area contributed by atoms with Crippen LogP contribution in [0.15, 0.2) is 52.3 Å². The molecule has 178 valence electrons. The number of thiophene rings is 1. The monoisotopic (exact) mass is 480 g/mol. The SMILES string of the molecule is Cc1ccc([C@@H](C(=O)NC2CCCC2)N(C(=O)Cc2cccs2)c2ccc3c(c2)OCCO3)o1. The number of carbonyl (C=O) groups is 2. The summed E-state index contributed by atoms with van der Waals surface area (Å²) in [5, 5.41) is 5.11. The molecule has 1 aromatic carbocycles. The zero-order valence-electron chi connectivity index (χ0n) is 19.1. The summed E-state index contributed by atoms with van der Waals surface area (Å²) in [5.74, 6) is 1.86. The van der Waals surface area contributed by atoms with Gasteiger partial charge in [-0.2, -0.15) is 0 Å². The summed E-state index contributed by atoms with van der Waals surface area (Å²) in [6.45, 7) is 2.74. The van der Waals surface area contributed by atoms with Gasteiger partial charge in [-0.15, -0.1) is 11.3 Å². The maximum absolute atomic E-state index is 13.8. The molecule has 0 saturated heterocycles. The minimum absolute atomic E-state index is 0.112. The molecule has 0 spiro atoms. The lowest BCUT2D eigenvalue weighted by Crippen LogP contribution is -2.46. The van der Waals surface area contributed by atoms with Crippen molar-refractivity contribution in [2.75, 3.05) is 18.1 Å². The summed E-state index contributed by atoms with van der Waals surface area (Å²) in [7, 11) is 0. The third-order valence-electron chi connectivity index (χ3n) is 6.22. The second-order valence-corrected chi connectivity index (χ2v) is 9.72. The molecular formula is C26H28N2O5S. The highest BCUT2D eigenvalue weighted by Crippen LogP contribution is 2.38. The Morgan fingerprint density at radius 1 is 1.09 bits per heavy atom. The second kappa shape index (κ2) is 9.93. The lowest BCUT2D eigenvalue weighted by atomic mass is 10.1. The van der Waals surface area contributed by atoms with Crippen LogP contribution in [0.25, 0.3) is 0 Å². The minimum atomic E-state index is -0.940. The van der Waals surface area contributed by atoms with Crippen LogP contribution in [0.5, 0.6) is 11.5 Å². The molecule has 8 heteroatoms. The number of nitrogens with zero attached hydrogens (tertiary/aromatic N) is 1. The molecule has 34 heavy (non-hydrogen) atoms. The van der Waals surface area contributed by atoms with Crippen LogP contribution in [0.3, 0.4) is 0 Å². The molecule has 2 aliphatic rings. The standard InChI is InChI=1S/C26H28N2O5S/c1-17-8-10-22(33-17)25(26(30)27-18-5-2-3-6-18)28(24(29)16-20-7-4-14-34-20)19-9-11-21-23(15-19)32-13-12-31-21/h4,7-11,14-15,18,25H,2-3,5-6,12-13,16H2,1H3,(H,27,30)/t25-/m0/s1. The van der Waals surface area contributed by atoms with Gasteiger partial charge < -0.3 is 19.2 Å². The molecule has 1 atom stereocenters. The van der Waals surface area contributed by atoms with Crippen LogP contribution in [-0.4, -0.2) is 31.1 Å². The number of hydrogen-bond donors (Lipinski definition) is 1. The number of rotatable bonds is 7. The van der Waals surface area contributed by atoms with Crippen molar-refractivity contribution in [3.63, 3.8) is 0 Å². The molecule has 1 N–H and O–H groups in total. The van der Waals surface area contributed by atoms with Crippen LogP contribution >= 0.6 is 11.3 Å².